The third kappa shape index (κ3) is 3.51. The number of ether oxygens (including phenoxy) is 2. The summed E-state index contributed by atoms with van der Waals surface area (Å²) in [5.74, 6) is 2.50. The number of aryl methyl sites for hydroxylation is 1. The molecule has 0 aliphatic heterocycles. The Morgan fingerprint density at radius 3 is 2.38 bits per heavy atom. The summed E-state index contributed by atoms with van der Waals surface area (Å²) in [6.45, 7) is 2.76. The maximum absolute atomic E-state index is 5.30. The van der Waals surface area contributed by atoms with Crippen molar-refractivity contribution in [3.63, 3.8) is 0 Å². The summed E-state index contributed by atoms with van der Waals surface area (Å²) in [5.41, 5.74) is 3.32. The quantitative estimate of drug-likeness (QED) is 0.749. The predicted molar refractivity (Wildman–Crippen MR) is 95.2 cm³/mol. The van der Waals surface area contributed by atoms with Gasteiger partial charge in [0.2, 0.25) is 0 Å². The third-order valence-electron chi connectivity index (χ3n) is 3.88. The first-order valence-electron chi connectivity index (χ1n) is 7.77. The highest BCUT2D eigenvalue weighted by atomic mass is 16.5. The second-order valence-electron chi connectivity index (χ2n) is 5.50. The van der Waals surface area contributed by atoms with Crippen molar-refractivity contribution in [3.05, 3.63) is 65.9 Å². The summed E-state index contributed by atoms with van der Waals surface area (Å²) in [6, 6.07) is 15.9. The first kappa shape index (κ1) is 15.9. The van der Waals surface area contributed by atoms with Crippen molar-refractivity contribution in [1.29, 1.82) is 0 Å². The van der Waals surface area contributed by atoms with Crippen molar-refractivity contribution < 1.29 is 9.47 Å². The van der Waals surface area contributed by atoms with Crippen molar-refractivity contribution in [2.45, 2.75) is 13.5 Å². The second-order valence-corrected chi connectivity index (χ2v) is 5.50. The zero-order valence-corrected chi connectivity index (χ0v) is 14.1. The number of nitrogens with one attached hydrogen (secondary N) is 1. The molecule has 3 rings (SSSR count). The van der Waals surface area contributed by atoms with Crippen LogP contribution in [-0.2, 0) is 6.54 Å². The van der Waals surface area contributed by atoms with Gasteiger partial charge in [-0.25, -0.2) is 4.68 Å². The summed E-state index contributed by atoms with van der Waals surface area (Å²) in [4.78, 5) is 0. The van der Waals surface area contributed by atoms with E-state index in [0.717, 1.165) is 28.6 Å². The predicted octanol–water partition coefficient (Wildman–Crippen LogP) is 3.81. The number of hydrogen-bond donors (Lipinski definition) is 1. The van der Waals surface area contributed by atoms with E-state index < -0.39 is 0 Å². The van der Waals surface area contributed by atoms with Crippen molar-refractivity contribution in [1.82, 2.24) is 9.78 Å². The molecule has 0 bridgehead atoms. The second kappa shape index (κ2) is 7.08. The molecule has 0 aliphatic carbocycles. The van der Waals surface area contributed by atoms with Gasteiger partial charge in [0.15, 0.2) is 0 Å². The van der Waals surface area contributed by atoms with Gasteiger partial charge in [-0.1, -0.05) is 18.2 Å². The van der Waals surface area contributed by atoms with Crippen LogP contribution in [-0.4, -0.2) is 24.0 Å². The number of nitrogens with zero attached hydrogens (tertiary/aromatic N) is 2. The lowest BCUT2D eigenvalue weighted by Gasteiger charge is -2.08. The molecule has 0 spiro atoms. The lowest BCUT2D eigenvalue weighted by Crippen LogP contribution is -2.02. The van der Waals surface area contributed by atoms with E-state index in [0.29, 0.717) is 6.54 Å². The van der Waals surface area contributed by atoms with E-state index in [4.69, 9.17) is 9.47 Å². The Bertz CT molecular complexity index is 810. The molecular formula is C19H21N3O2. The van der Waals surface area contributed by atoms with E-state index >= 15 is 0 Å². The number of anilines is 1. The van der Waals surface area contributed by atoms with E-state index in [2.05, 4.69) is 17.3 Å². The van der Waals surface area contributed by atoms with Gasteiger partial charge in [-0.2, -0.15) is 5.10 Å². The number of aromatic nitrogens is 2. The number of benzene rings is 2. The van der Waals surface area contributed by atoms with E-state index in [1.807, 2.05) is 59.4 Å². The highest BCUT2D eigenvalue weighted by Crippen LogP contribution is 2.21. The van der Waals surface area contributed by atoms with Gasteiger partial charge in [-0.05, 0) is 36.2 Å². The molecular weight excluding hydrogens is 302 g/mol. The van der Waals surface area contributed by atoms with E-state index in [1.165, 1.54) is 5.56 Å². The minimum atomic E-state index is 0.706. The topological polar surface area (TPSA) is 48.3 Å². The van der Waals surface area contributed by atoms with Crippen LogP contribution in [0.5, 0.6) is 11.5 Å². The molecule has 0 aliphatic rings. The van der Waals surface area contributed by atoms with Crippen LogP contribution >= 0.6 is 0 Å². The number of hydrogen-bond acceptors (Lipinski definition) is 4. The van der Waals surface area contributed by atoms with Gasteiger partial charge in [0.1, 0.15) is 17.3 Å². The molecule has 0 amide bonds. The Kier molecular flexibility index (Phi) is 4.70. The van der Waals surface area contributed by atoms with Gasteiger partial charge in [-0.3, -0.25) is 0 Å². The normalized spacial score (nSPS) is 10.5. The molecule has 124 valence electrons. The summed E-state index contributed by atoms with van der Waals surface area (Å²) in [7, 11) is 3.33. The Morgan fingerprint density at radius 2 is 1.67 bits per heavy atom. The monoisotopic (exact) mass is 323 g/mol. The zero-order valence-electron chi connectivity index (χ0n) is 14.1. The molecule has 2 aromatic carbocycles. The lowest BCUT2D eigenvalue weighted by atomic mass is 10.2. The van der Waals surface area contributed by atoms with Crippen molar-refractivity contribution in [3.8, 4) is 17.2 Å². The maximum atomic E-state index is 5.30. The van der Waals surface area contributed by atoms with Crippen LogP contribution in [0.25, 0.3) is 5.69 Å². The van der Waals surface area contributed by atoms with Crippen LogP contribution in [0.15, 0.2) is 54.7 Å². The van der Waals surface area contributed by atoms with Crippen molar-refractivity contribution >= 4 is 5.82 Å². The number of rotatable bonds is 6. The molecule has 0 unspecified atom stereocenters. The Labute approximate surface area is 141 Å². The molecule has 0 atom stereocenters. The molecule has 1 heterocycles. The molecule has 3 aromatic rings. The van der Waals surface area contributed by atoms with Crippen LogP contribution in [0.3, 0.4) is 0 Å². The minimum absolute atomic E-state index is 0.706. The van der Waals surface area contributed by atoms with Crippen LogP contribution < -0.4 is 14.8 Å². The SMILES string of the molecule is COc1ccc(CNc2ccn(-c3cc(OC)ccc3C)n2)cc1. The van der Waals surface area contributed by atoms with E-state index in [9.17, 15) is 0 Å². The molecule has 0 saturated carbocycles. The van der Waals surface area contributed by atoms with Gasteiger partial charge in [-0.15, -0.1) is 0 Å². The van der Waals surface area contributed by atoms with Gasteiger partial charge in [0, 0.05) is 24.9 Å². The van der Waals surface area contributed by atoms with Gasteiger partial charge in [0.05, 0.1) is 19.9 Å². The van der Waals surface area contributed by atoms with Gasteiger partial charge in [0.25, 0.3) is 0 Å². The Balaban J connectivity index is 1.71. The summed E-state index contributed by atoms with van der Waals surface area (Å²) < 4.78 is 12.3. The summed E-state index contributed by atoms with van der Waals surface area (Å²) >= 11 is 0. The fourth-order valence-electron chi connectivity index (χ4n) is 2.45. The van der Waals surface area contributed by atoms with Gasteiger partial charge < -0.3 is 14.8 Å². The molecule has 5 nitrogen and oxygen atoms in total. The first-order valence-corrected chi connectivity index (χ1v) is 7.77. The highest BCUT2D eigenvalue weighted by Gasteiger charge is 2.06. The molecule has 0 saturated heterocycles. The minimum Gasteiger partial charge on any atom is -0.497 e. The molecule has 1 N–H and O–H groups in total. The molecule has 24 heavy (non-hydrogen) atoms. The average Bonchev–Trinajstić information content (AvgIpc) is 3.09. The summed E-state index contributed by atoms with van der Waals surface area (Å²) in [6.07, 6.45) is 1.94. The highest BCUT2D eigenvalue weighted by molar-refractivity contribution is 5.47. The fraction of sp³-hybridized carbons (Fsp3) is 0.211. The Morgan fingerprint density at radius 1 is 0.958 bits per heavy atom. The first-order chi connectivity index (χ1) is 11.7. The third-order valence-corrected chi connectivity index (χ3v) is 3.88. The van der Waals surface area contributed by atoms with E-state index in [-0.39, 0.29) is 0 Å². The maximum Gasteiger partial charge on any atom is 0.148 e. The lowest BCUT2D eigenvalue weighted by molar-refractivity contribution is 0.414. The molecule has 0 fully saturated rings. The van der Waals surface area contributed by atoms with Crippen LogP contribution in [0.4, 0.5) is 5.82 Å². The van der Waals surface area contributed by atoms with Crippen LogP contribution in [0, 0.1) is 6.92 Å². The van der Waals surface area contributed by atoms with Crippen LogP contribution in [0.1, 0.15) is 11.1 Å². The summed E-state index contributed by atoms with van der Waals surface area (Å²) in [5, 5.41) is 7.92. The Hall–Kier alpha value is -2.95. The molecule has 1 aromatic heterocycles. The fourth-order valence-corrected chi connectivity index (χ4v) is 2.45. The van der Waals surface area contributed by atoms with E-state index in [1.54, 1.807) is 14.2 Å². The van der Waals surface area contributed by atoms with Gasteiger partial charge >= 0.3 is 0 Å². The van der Waals surface area contributed by atoms with Crippen molar-refractivity contribution in [2.24, 2.45) is 0 Å². The molecule has 5 heteroatoms. The molecule has 0 radical (unpaired) electrons. The largest absolute Gasteiger partial charge is 0.497 e. The standard InChI is InChI=1S/C19H21N3O2/c1-14-4-7-17(24-3)12-18(14)22-11-10-19(21-22)20-13-15-5-8-16(23-2)9-6-15/h4-12H,13H2,1-3H3,(H,20,21). The van der Waals surface area contributed by atoms with Crippen molar-refractivity contribution in [2.75, 3.05) is 19.5 Å². The zero-order chi connectivity index (χ0) is 16.9. The van der Waals surface area contributed by atoms with Crippen LogP contribution in [0.2, 0.25) is 0 Å². The average molecular weight is 323 g/mol. The smallest absolute Gasteiger partial charge is 0.148 e. The number of methoxy groups -OCH3 is 2.